The van der Waals surface area contributed by atoms with Gasteiger partial charge in [0.05, 0.1) is 6.61 Å². The van der Waals surface area contributed by atoms with E-state index in [4.69, 9.17) is 9.15 Å². The van der Waals surface area contributed by atoms with Gasteiger partial charge >= 0.3 is 5.63 Å². The third-order valence-electron chi connectivity index (χ3n) is 2.63. The molecule has 0 aliphatic heterocycles. The number of hydrogen-bond acceptors (Lipinski definition) is 3. The molecule has 0 aliphatic rings. The molecule has 0 atom stereocenters. The van der Waals surface area contributed by atoms with E-state index < -0.39 is 0 Å². The highest BCUT2D eigenvalue weighted by Gasteiger charge is 2.06. The van der Waals surface area contributed by atoms with Gasteiger partial charge in [-0.2, -0.15) is 0 Å². The largest absolute Gasteiger partial charge is 0.494 e. The summed E-state index contributed by atoms with van der Waals surface area (Å²) in [4.78, 5) is 11.4. The van der Waals surface area contributed by atoms with Crippen molar-refractivity contribution >= 4 is 11.0 Å². The van der Waals surface area contributed by atoms with Crippen LogP contribution < -0.4 is 10.4 Å². The third kappa shape index (κ3) is 2.49. The zero-order chi connectivity index (χ0) is 12.3. The van der Waals surface area contributed by atoms with E-state index in [1.54, 1.807) is 12.1 Å². The van der Waals surface area contributed by atoms with Crippen LogP contribution in [0.2, 0.25) is 0 Å². The van der Waals surface area contributed by atoms with Crippen molar-refractivity contribution in [2.24, 2.45) is 0 Å². The molecule has 0 bridgehead atoms. The van der Waals surface area contributed by atoms with Crippen LogP contribution in [0.5, 0.6) is 5.75 Å². The quantitative estimate of drug-likeness (QED) is 0.760. The highest BCUT2D eigenvalue weighted by atomic mass is 16.5. The molecule has 1 heterocycles. The lowest BCUT2D eigenvalue weighted by atomic mass is 10.1. The van der Waals surface area contributed by atoms with Crippen molar-refractivity contribution in [1.82, 2.24) is 0 Å². The van der Waals surface area contributed by atoms with E-state index in [-0.39, 0.29) is 5.63 Å². The molecule has 0 spiro atoms. The Kier molecular flexibility index (Phi) is 3.47. The van der Waals surface area contributed by atoms with E-state index in [9.17, 15) is 4.79 Å². The van der Waals surface area contributed by atoms with E-state index in [1.165, 1.54) is 0 Å². The van der Waals surface area contributed by atoms with Gasteiger partial charge < -0.3 is 9.15 Å². The Balaban J connectivity index is 2.60. The molecule has 2 aromatic rings. The Labute approximate surface area is 100 Å². The van der Waals surface area contributed by atoms with E-state index in [2.05, 4.69) is 6.92 Å². The predicted octanol–water partition coefficient (Wildman–Crippen LogP) is 3.14. The summed E-state index contributed by atoms with van der Waals surface area (Å²) in [7, 11) is 0. The number of benzene rings is 1. The van der Waals surface area contributed by atoms with Crippen LogP contribution in [0.3, 0.4) is 0 Å². The van der Waals surface area contributed by atoms with Crippen LogP contribution in [0.1, 0.15) is 25.8 Å². The van der Waals surface area contributed by atoms with Gasteiger partial charge in [0.25, 0.3) is 0 Å². The van der Waals surface area contributed by atoms with Crippen LogP contribution in [0, 0.1) is 0 Å². The number of hydrogen-bond donors (Lipinski definition) is 0. The molecule has 0 amide bonds. The average molecular weight is 232 g/mol. The number of fused-ring (bicyclic) bond motifs is 1. The van der Waals surface area contributed by atoms with Gasteiger partial charge in [-0.05, 0) is 37.1 Å². The zero-order valence-corrected chi connectivity index (χ0v) is 10.2. The standard InChI is InChI=1S/C14H16O3/c1-3-5-10-8-14(15)17-13-7-6-11(16-4-2)9-12(10)13/h6-9H,3-5H2,1-2H3. The van der Waals surface area contributed by atoms with Crippen molar-refractivity contribution in [2.75, 3.05) is 6.61 Å². The van der Waals surface area contributed by atoms with Crippen molar-refractivity contribution in [3.05, 3.63) is 40.2 Å². The Bertz CT molecular complexity index is 569. The molecule has 0 fully saturated rings. The molecule has 3 heteroatoms. The number of rotatable bonds is 4. The van der Waals surface area contributed by atoms with Crippen LogP contribution >= 0.6 is 0 Å². The fourth-order valence-electron chi connectivity index (χ4n) is 1.94. The van der Waals surface area contributed by atoms with Crippen molar-refractivity contribution in [2.45, 2.75) is 26.7 Å². The van der Waals surface area contributed by atoms with E-state index in [1.807, 2.05) is 19.1 Å². The number of aryl methyl sites for hydroxylation is 1. The summed E-state index contributed by atoms with van der Waals surface area (Å²) in [6.07, 6.45) is 1.87. The summed E-state index contributed by atoms with van der Waals surface area (Å²) in [6.45, 7) is 4.67. The molecule has 1 aromatic heterocycles. The van der Waals surface area contributed by atoms with E-state index >= 15 is 0 Å². The lowest BCUT2D eigenvalue weighted by Gasteiger charge is -2.07. The first-order valence-corrected chi connectivity index (χ1v) is 5.94. The molecule has 0 saturated heterocycles. The first kappa shape index (κ1) is 11.7. The molecular weight excluding hydrogens is 216 g/mol. The minimum absolute atomic E-state index is 0.287. The lowest BCUT2D eigenvalue weighted by Crippen LogP contribution is -2.01. The maximum atomic E-state index is 11.4. The maximum Gasteiger partial charge on any atom is 0.336 e. The monoisotopic (exact) mass is 232 g/mol. The molecule has 3 nitrogen and oxygen atoms in total. The van der Waals surface area contributed by atoms with Crippen molar-refractivity contribution in [1.29, 1.82) is 0 Å². The van der Waals surface area contributed by atoms with Crippen molar-refractivity contribution in [3.63, 3.8) is 0 Å². The van der Waals surface area contributed by atoms with Gasteiger partial charge in [-0.15, -0.1) is 0 Å². The van der Waals surface area contributed by atoms with Crippen molar-refractivity contribution in [3.8, 4) is 5.75 Å². The van der Waals surface area contributed by atoms with E-state index in [0.29, 0.717) is 12.2 Å². The molecule has 90 valence electrons. The summed E-state index contributed by atoms with van der Waals surface area (Å²) in [5.41, 5.74) is 1.37. The fraction of sp³-hybridized carbons (Fsp3) is 0.357. The first-order valence-electron chi connectivity index (χ1n) is 5.94. The van der Waals surface area contributed by atoms with Gasteiger partial charge in [0.1, 0.15) is 11.3 Å². The topological polar surface area (TPSA) is 39.4 Å². The lowest BCUT2D eigenvalue weighted by molar-refractivity contribution is 0.340. The summed E-state index contributed by atoms with van der Waals surface area (Å²) >= 11 is 0. The fourth-order valence-corrected chi connectivity index (χ4v) is 1.94. The minimum atomic E-state index is -0.287. The van der Waals surface area contributed by atoms with Crippen molar-refractivity contribution < 1.29 is 9.15 Å². The van der Waals surface area contributed by atoms with E-state index in [0.717, 1.165) is 29.5 Å². The third-order valence-corrected chi connectivity index (χ3v) is 2.63. The molecule has 17 heavy (non-hydrogen) atoms. The van der Waals surface area contributed by atoms with Gasteiger partial charge in [0.15, 0.2) is 0 Å². The predicted molar refractivity (Wildman–Crippen MR) is 67.6 cm³/mol. The Morgan fingerprint density at radius 1 is 1.24 bits per heavy atom. The van der Waals surface area contributed by atoms with Crippen LogP contribution in [0.25, 0.3) is 11.0 Å². The first-order chi connectivity index (χ1) is 8.24. The Morgan fingerprint density at radius 3 is 2.76 bits per heavy atom. The second-order valence-electron chi connectivity index (χ2n) is 3.93. The maximum absolute atomic E-state index is 11.4. The minimum Gasteiger partial charge on any atom is -0.494 e. The van der Waals surface area contributed by atoms with Gasteiger partial charge in [0.2, 0.25) is 0 Å². The smallest absolute Gasteiger partial charge is 0.336 e. The Hall–Kier alpha value is -1.77. The zero-order valence-electron chi connectivity index (χ0n) is 10.2. The van der Waals surface area contributed by atoms with Crippen LogP contribution in [-0.2, 0) is 6.42 Å². The highest BCUT2D eigenvalue weighted by molar-refractivity contribution is 5.81. The normalized spacial score (nSPS) is 10.7. The van der Waals surface area contributed by atoms with Gasteiger partial charge in [-0.1, -0.05) is 13.3 Å². The molecule has 0 unspecified atom stereocenters. The van der Waals surface area contributed by atoms with Gasteiger partial charge in [-0.3, -0.25) is 0 Å². The molecule has 1 aromatic carbocycles. The van der Waals surface area contributed by atoms with Crippen LogP contribution in [-0.4, -0.2) is 6.61 Å². The van der Waals surface area contributed by atoms with Gasteiger partial charge in [0, 0.05) is 11.5 Å². The Morgan fingerprint density at radius 2 is 2.06 bits per heavy atom. The average Bonchev–Trinajstić information content (AvgIpc) is 2.30. The molecule has 0 radical (unpaired) electrons. The van der Waals surface area contributed by atoms with Crippen LogP contribution in [0.15, 0.2) is 33.5 Å². The molecule has 0 saturated carbocycles. The number of ether oxygens (including phenoxy) is 1. The highest BCUT2D eigenvalue weighted by Crippen LogP contribution is 2.23. The summed E-state index contributed by atoms with van der Waals surface area (Å²) in [6, 6.07) is 7.12. The molecule has 2 rings (SSSR count). The second kappa shape index (κ2) is 5.04. The summed E-state index contributed by atoms with van der Waals surface area (Å²) < 4.78 is 10.6. The summed E-state index contributed by atoms with van der Waals surface area (Å²) in [5, 5.41) is 0.970. The molecule has 0 N–H and O–H groups in total. The SMILES string of the molecule is CCCc1cc(=O)oc2ccc(OCC)cc12. The van der Waals surface area contributed by atoms with Gasteiger partial charge in [-0.25, -0.2) is 4.79 Å². The van der Waals surface area contributed by atoms with Crippen LogP contribution in [0.4, 0.5) is 0 Å². The molecule has 0 aliphatic carbocycles. The summed E-state index contributed by atoms with van der Waals surface area (Å²) in [5.74, 6) is 0.811. The second-order valence-corrected chi connectivity index (χ2v) is 3.93. The molecular formula is C14H16O3.